The summed E-state index contributed by atoms with van der Waals surface area (Å²) in [6.45, 7) is 6.26. The number of anilines is 1. The molecule has 5 heteroatoms. The van der Waals surface area contributed by atoms with Crippen LogP contribution < -0.4 is 5.32 Å². The molecule has 0 spiro atoms. The van der Waals surface area contributed by atoms with E-state index in [1.807, 2.05) is 12.1 Å². The van der Waals surface area contributed by atoms with Gasteiger partial charge < -0.3 is 10.1 Å². The molecule has 1 aromatic rings. The number of carbonyl (C=O) groups is 1. The van der Waals surface area contributed by atoms with E-state index in [-0.39, 0.29) is 17.4 Å². The summed E-state index contributed by atoms with van der Waals surface area (Å²) in [4.78, 5) is 11.8. The molecule has 0 aromatic heterocycles. The Bertz CT molecular complexity index is 457. The number of carbonyl (C=O) groups excluding carboxylic acids is 1. The van der Waals surface area contributed by atoms with E-state index in [1.165, 1.54) is 7.11 Å². The maximum absolute atomic E-state index is 11.8. The average molecular weight is 349 g/mol. The number of methoxy groups -OCH3 is 1. The second-order valence-corrected chi connectivity index (χ2v) is 6.88. The van der Waals surface area contributed by atoms with Gasteiger partial charge in [-0.15, -0.1) is 0 Å². The van der Waals surface area contributed by atoms with Crippen LogP contribution in [0.5, 0.6) is 0 Å². The first-order chi connectivity index (χ1) is 8.73. The van der Waals surface area contributed by atoms with Crippen LogP contribution in [0.25, 0.3) is 0 Å². The van der Waals surface area contributed by atoms with Gasteiger partial charge in [-0.3, -0.25) is 0 Å². The number of nitrogens with one attached hydrogen (secondary N) is 1. The van der Waals surface area contributed by atoms with Crippen molar-refractivity contribution >= 4 is 39.2 Å². The van der Waals surface area contributed by atoms with E-state index < -0.39 is 0 Å². The molecule has 1 aromatic carbocycles. The number of benzene rings is 1. The minimum atomic E-state index is -0.377. The second-order valence-electron chi connectivity index (χ2n) is 5.61. The van der Waals surface area contributed by atoms with Gasteiger partial charge in [0.05, 0.1) is 12.1 Å². The summed E-state index contributed by atoms with van der Waals surface area (Å²) in [5.74, 6) is -0.263. The van der Waals surface area contributed by atoms with Crippen molar-refractivity contribution in [2.45, 2.75) is 33.2 Å². The molecule has 1 N–H and O–H groups in total. The fraction of sp³-hybridized carbons (Fsp3) is 0.500. The molecule has 0 aliphatic rings. The van der Waals surface area contributed by atoms with Crippen LogP contribution in [0.3, 0.4) is 0 Å². The summed E-state index contributed by atoms with van der Waals surface area (Å²) in [6.07, 6.45) is 0.680. The third-order valence-electron chi connectivity index (χ3n) is 2.56. The number of hydrogen-bond acceptors (Lipinski definition) is 3. The molecule has 19 heavy (non-hydrogen) atoms. The molecule has 1 unspecified atom stereocenters. The molecule has 0 radical (unpaired) electrons. The van der Waals surface area contributed by atoms with Crippen molar-refractivity contribution in [1.29, 1.82) is 0 Å². The fourth-order valence-electron chi connectivity index (χ4n) is 1.74. The topological polar surface area (TPSA) is 38.3 Å². The van der Waals surface area contributed by atoms with Crippen molar-refractivity contribution in [2.75, 3.05) is 12.4 Å². The van der Waals surface area contributed by atoms with Gasteiger partial charge in [0.1, 0.15) is 6.04 Å². The maximum Gasteiger partial charge on any atom is 0.328 e. The van der Waals surface area contributed by atoms with Crippen molar-refractivity contribution in [1.82, 2.24) is 0 Å². The minimum Gasteiger partial charge on any atom is -0.467 e. The Morgan fingerprint density at radius 3 is 2.58 bits per heavy atom. The first-order valence-electron chi connectivity index (χ1n) is 6.02. The molecule has 0 amide bonds. The van der Waals surface area contributed by atoms with Crippen LogP contribution in [-0.4, -0.2) is 19.1 Å². The third kappa shape index (κ3) is 5.41. The molecule has 1 atom stereocenters. The number of hydrogen-bond donors (Lipinski definition) is 1. The van der Waals surface area contributed by atoms with Gasteiger partial charge in [0.25, 0.3) is 0 Å². The Hall–Kier alpha value is -0.740. The molecular weight excluding hydrogens is 330 g/mol. The van der Waals surface area contributed by atoms with Gasteiger partial charge in [-0.25, -0.2) is 4.79 Å². The highest BCUT2D eigenvalue weighted by molar-refractivity contribution is 9.10. The zero-order valence-corrected chi connectivity index (χ0v) is 13.9. The molecule has 0 saturated carbocycles. The van der Waals surface area contributed by atoms with E-state index in [4.69, 9.17) is 16.3 Å². The average Bonchev–Trinajstić information content (AvgIpc) is 2.30. The van der Waals surface area contributed by atoms with E-state index in [2.05, 4.69) is 42.0 Å². The quantitative estimate of drug-likeness (QED) is 0.815. The summed E-state index contributed by atoms with van der Waals surface area (Å²) in [5, 5.41) is 3.83. The molecule has 0 saturated heterocycles. The molecular formula is C14H19BrClNO2. The van der Waals surface area contributed by atoms with Gasteiger partial charge in [0.15, 0.2) is 0 Å². The third-order valence-corrected chi connectivity index (χ3v) is 3.78. The number of rotatable bonds is 4. The van der Waals surface area contributed by atoms with Gasteiger partial charge >= 0.3 is 5.97 Å². The molecule has 0 fully saturated rings. The summed E-state index contributed by atoms with van der Waals surface area (Å²) in [5.41, 5.74) is 0.853. The Morgan fingerprint density at radius 2 is 2.11 bits per heavy atom. The van der Waals surface area contributed by atoms with Gasteiger partial charge in [-0.2, -0.15) is 0 Å². The van der Waals surface area contributed by atoms with Crippen LogP contribution in [0.15, 0.2) is 22.7 Å². The highest BCUT2D eigenvalue weighted by atomic mass is 79.9. The zero-order chi connectivity index (χ0) is 14.6. The number of halogens is 2. The van der Waals surface area contributed by atoms with E-state index in [0.29, 0.717) is 11.4 Å². The number of ether oxygens (including phenoxy) is 1. The van der Waals surface area contributed by atoms with Crippen molar-refractivity contribution in [3.05, 3.63) is 27.7 Å². The molecule has 0 heterocycles. The lowest BCUT2D eigenvalue weighted by Gasteiger charge is -2.25. The highest BCUT2D eigenvalue weighted by Crippen LogP contribution is 2.28. The first-order valence-corrected chi connectivity index (χ1v) is 7.19. The first kappa shape index (κ1) is 16.3. The lowest BCUT2D eigenvalue weighted by molar-refractivity contribution is -0.142. The summed E-state index contributed by atoms with van der Waals surface area (Å²) < 4.78 is 5.64. The fourth-order valence-corrected chi connectivity index (χ4v) is 2.23. The Morgan fingerprint density at radius 1 is 1.47 bits per heavy atom. The van der Waals surface area contributed by atoms with E-state index in [1.54, 1.807) is 6.07 Å². The smallest absolute Gasteiger partial charge is 0.328 e. The molecule has 106 valence electrons. The van der Waals surface area contributed by atoms with Crippen molar-refractivity contribution in [3.63, 3.8) is 0 Å². The van der Waals surface area contributed by atoms with Crippen molar-refractivity contribution in [2.24, 2.45) is 5.41 Å². The molecule has 3 nitrogen and oxygen atoms in total. The van der Waals surface area contributed by atoms with Crippen molar-refractivity contribution < 1.29 is 9.53 Å². The van der Waals surface area contributed by atoms with E-state index in [9.17, 15) is 4.79 Å². The lowest BCUT2D eigenvalue weighted by atomic mass is 9.88. The van der Waals surface area contributed by atoms with Crippen LogP contribution in [0, 0.1) is 5.41 Å². The van der Waals surface area contributed by atoms with Crippen LogP contribution in [0.4, 0.5) is 5.69 Å². The predicted molar refractivity (Wildman–Crippen MR) is 82.7 cm³/mol. The van der Waals surface area contributed by atoms with Crippen LogP contribution >= 0.6 is 27.5 Å². The van der Waals surface area contributed by atoms with E-state index >= 15 is 0 Å². The minimum absolute atomic E-state index is 0.0233. The van der Waals surface area contributed by atoms with Crippen molar-refractivity contribution in [3.8, 4) is 0 Å². The van der Waals surface area contributed by atoms with Gasteiger partial charge in [0.2, 0.25) is 0 Å². The van der Waals surface area contributed by atoms with Gasteiger partial charge in [-0.05, 0) is 46.0 Å². The Labute approximate surface area is 127 Å². The lowest BCUT2D eigenvalue weighted by Crippen LogP contribution is -2.34. The monoisotopic (exact) mass is 347 g/mol. The Balaban J connectivity index is 2.87. The normalized spacial score (nSPS) is 12.9. The number of esters is 1. The highest BCUT2D eigenvalue weighted by Gasteiger charge is 2.25. The largest absolute Gasteiger partial charge is 0.467 e. The summed E-state index contributed by atoms with van der Waals surface area (Å²) in [7, 11) is 1.40. The summed E-state index contributed by atoms with van der Waals surface area (Å²) >= 11 is 9.31. The van der Waals surface area contributed by atoms with Crippen LogP contribution in [0.2, 0.25) is 5.02 Å². The molecule has 0 aliphatic heterocycles. The van der Waals surface area contributed by atoms with Crippen LogP contribution in [0.1, 0.15) is 27.2 Å². The van der Waals surface area contributed by atoms with Crippen LogP contribution in [-0.2, 0) is 9.53 Å². The molecule has 1 rings (SSSR count). The summed E-state index contributed by atoms with van der Waals surface area (Å²) in [6, 6.07) is 5.09. The predicted octanol–water partition coefficient (Wildman–Crippen LogP) is 4.49. The zero-order valence-electron chi connectivity index (χ0n) is 11.6. The van der Waals surface area contributed by atoms with Gasteiger partial charge in [-0.1, -0.05) is 32.4 Å². The SMILES string of the molecule is COC(=O)C(CC(C)(C)C)Nc1ccc(Cl)c(Br)c1. The van der Waals surface area contributed by atoms with Gasteiger partial charge in [0, 0.05) is 10.2 Å². The standard InChI is InChI=1S/C14H19BrClNO2/c1-14(2,3)8-12(13(18)19-4)17-9-5-6-11(16)10(15)7-9/h5-7,12,17H,8H2,1-4H3. The molecule has 0 aliphatic carbocycles. The maximum atomic E-state index is 11.8. The molecule has 0 bridgehead atoms. The second kappa shape index (κ2) is 6.62. The van der Waals surface area contributed by atoms with E-state index in [0.717, 1.165) is 10.2 Å². The Kier molecular flexibility index (Phi) is 5.68.